The first-order chi connectivity index (χ1) is 8.98. The Bertz CT molecular complexity index is 376. The van der Waals surface area contributed by atoms with Gasteiger partial charge < -0.3 is 5.11 Å². The van der Waals surface area contributed by atoms with Gasteiger partial charge in [-0.3, -0.25) is 14.5 Å². The smallest absolute Gasteiger partial charge is 0.232 e. The van der Waals surface area contributed by atoms with Crippen LogP contribution < -0.4 is 0 Å². The van der Waals surface area contributed by atoms with E-state index in [4.69, 9.17) is 0 Å². The quantitative estimate of drug-likeness (QED) is 0.773. The highest BCUT2D eigenvalue weighted by molar-refractivity contribution is 6.00. The molecule has 0 radical (unpaired) electrons. The summed E-state index contributed by atoms with van der Waals surface area (Å²) in [4.78, 5) is 25.9. The van der Waals surface area contributed by atoms with Crippen LogP contribution in [0.5, 0.6) is 0 Å². The van der Waals surface area contributed by atoms with Gasteiger partial charge in [0.2, 0.25) is 11.8 Å². The van der Waals surface area contributed by atoms with Crippen molar-refractivity contribution < 1.29 is 14.7 Å². The number of aliphatic hydroxyl groups is 1. The van der Waals surface area contributed by atoms with E-state index in [0.29, 0.717) is 18.8 Å². The first-order valence-electron chi connectivity index (χ1n) is 7.56. The van der Waals surface area contributed by atoms with E-state index in [1.807, 2.05) is 0 Å². The van der Waals surface area contributed by atoms with E-state index in [0.717, 1.165) is 32.1 Å². The number of rotatable bonds is 2. The second-order valence-corrected chi connectivity index (χ2v) is 6.88. The van der Waals surface area contributed by atoms with E-state index >= 15 is 0 Å². The lowest BCUT2D eigenvalue weighted by Crippen LogP contribution is -2.54. The molecule has 2 atom stereocenters. The van der Waals surface area contributed by atoms with Crippen LogP contribution in [0.25, 0.3) is 0 Å². The standard InChI is InChI=1S/C15H23NO3/c1-10-4-6-15(19,7-5-10)9-16-13(17)11-2-3-12(8-11)14(16)18/h10-12,19H,2-9H2,1H3. The Morgan fingerprint density at radius 2 is 1.63 bits per heavy atom. The number of carbonyl (C=O) groups excluding carboxylic acids is 2. The maximum Gasteiger partial charge on any atom is 0.232 e. The minimum absolute atomic E-state index is 0.0359. The molecular weight excluding hydrogens is 242 g/mol. The van der Waals surface area contributed by atoms with Crippen molar-refractivity contribution in [3.8, 4) is 0 Å². The van der Waals surface area contributed by atoms with E-state index < -0.39 is 5.60 Å². The number of carbonyl (C=O) groups is 2. The molecule has 3 rings (SSSR count). The number of hydrogen-bond acceptors (Lipinski definition) is 3. The summed E-state index contributed by atoms with van der Waals surface area (Å²) in [5, 5.41) is 10.6. The first kappa shape index (κ1) is 13.1. The molecule has 0 aromatic carbocycles. The van der Waals surface area contributed by atoms with Gasteiger partial charge in [0.15, 0.2) is 0 Å². The maximum atomic E-state index is 12.3. The highest BCUT2D eigenvalue weighted by atomic mass is 16.3. The third-order valence-electron chi connectivity index (χ3n) is 5.32. The van der Waals surface area contributed by atoms with Gasteiger partial charge in [0.25, 0.3) is 0 Å². The van der Waals surface area contributed by atoms with E-state index in [1.54, 1.807) is 0 Å². The predicted molar refractivity (Wildman–Crippen MR) is 70.1 cm³/mol. The maximum absolute atomic E-state index is 12.3. The Kier molecular flexibility index (Phi) is 3.16. The lowest BCUT2D eigenvalue weighted by molar-refractivity contribution is -0.158. The van der Waals surface area contributed by atoms with Crippen molar-refractivity contribution in [1.29, 1.82) is 0 Å². The molecule has 2 aliphatic carbocycles. The average molecular weight is 265 g/mol. The number of piperidine rings is 1. The molecular formula is C15H23NO3. The SMILES string of the molecule is CC1CCC(O)(CN2C(=O)C3CCC(C3)C2=O)CC1. The molecule has 1 aliphatic heterocycles. The minimum Gasteiger partial charge on any atom is -0.388 e. The highest BCUT2D eigenvalue weighted by Gasteiger charge is 2.47. The van der Waals surface area contributed by atoms with Crippen molar-refractivity contribution in [3.63, 3.8) is 0 Å². The third-order valence-corrected chi connectivity index (χ3v) is 5.32. The van der Waals surface area contributed by atoms with Crippen LogP contribution in [-0.4, -0.2) is 34.0 Å². The van der Waals surface area contributed by atoms with E-state index in [-0.39, 0.29) is 30.2 Å². The van der Waals surface area contributed by atoms with Gasteiger partial charge in [-0.15, -0.1) is 0 Å². The second-order valence-electron chi connectivity index (χ2n) is 6.88. The van der Waals surface area contributed by atoms with Crippen LogP contribution in [-0.2, 0) is 9.59 Å². The largest absolute Gasteiger partial charge is 0.388 e. The number of likely N-dealkylation sites (tertiary alicyclic amines) is 1. The fourth-order valence-corrected chi connectivity index (χ4v) is 3.89. The molecule has 3 aliphatic rings. The molecule has 1 N–H and O–H groups in total. The molecule has 0 spiro atoms. The second kappa shape index (κ2) is 4.58. The summed E-state index contributed by atoms with van der Waals surface area (Å²) < 4.78 is 0. The number of β-amino-alcohol motifs (C(OH)–C–C–N with tert-alkyl or cyclic N) is 1. The molecule has 1 heterocycles. The van der Waals surface area contributed by atoms with E-state index in [9.17, 15) is 14.7 Å². The highest BCUT2D eigenvalue weighted by Crippen LogP contribution is 2.40. The monoisotopic (exact) mass is 265 g/mol. The molecule has 0 aromatic heterocycles. The van der Waals surface area contributed by atoms with Crippen LogP contribution in [0.2, 0.25) is 0 Å². The number of fused-ring (bicyclic) bond motifs is 2. The summed E-state index contributed by atoms with van der Waals surface area (Å²) >= 11 is 0. The number of hydrogen-bond donors (Lipinski definition) is 1. The van der Waals surface area contributed by atoms with Gasteiger partial charge in [-0.25, -0.2) is 0 Å². The van der Waals surface area contributed by atoms with Crippen LogP contribution in [0.3, 0.4) is 0 Å². The molecule has 2 unspecified atom stereocenters. The summed E-state index contributed by atoms with van der Waals surface area (Å²) in [7, 11) is 0. The van der Waals surface area contributed by atoms with Crippen molar-refractivity contribution in [2.45, 2.75) is 57.5 Å². The molecule has 2 bridgehead atoms. The Labute approximate surface area is 114 Å². The zero-order chi connectivity index (χ0) is 13.6. The summed E-state index contributed by atoms with van der Waals surface area (Å²) in [5.41, 5.74) is -0.839. The Morgan fingerprint density at radius 3 is 2.16 bits per heavy atom. The molecule has 3 fully saturated rings. The van der Waals surface area contributed by atoms with Crippen LogP contribution in [0.1, 0.15) is 51.9 Å². The van der Waals surface area contributed by atoms with Gasteiger partial charge in [0.05, 0.1) is 12.1 Å². The number of nitrogens with zero attached hydrogens (tertiary/aromatic N) is 1. The van der Waals surface area contributed by atoms with Gasteiger partial charge >= 0.3 is 0 Å². The van der Waals surface area contributed by atoms with Crippen LogP contribution in [0.4, 0.5) is 0 Å². The Morgan fingerprint density at radius 1 is 1.11 bits per heavy atom. The molecule has 19 heavy (non-hydrogen) atoms. The molecule has 4 heteroatoms. The number of amides is 2. The summed E-state index contributed by atoms with van der Waals surface area (Å²) in [5.74, 6) is 0.642. The summed E-state index contributed by atoms with van der Waals surface area (Å²) in [6.07, 6.45) is 5.83. The molecule has 106 valence electrons. The van der Waals surface area contributed by atoms with E-state index in [1.165, 1.54) is 4.90 Å². The summed E-state index contributed by atoms with van der Waals surface area (Å²) in [6.45, 7) is 2.42. The molecule has 4 nitrogen and oxygen atoms in total. The van der Waals surface area contributed by atoms with Crippen LogP contribution in [0.15, 0.2) is 0 Å². The molecule has 2 saturated carbocycles. The average Bonchev–Trinajstić information content (AvgIpc) is 2.84. The minimum atomic E-state index is -0.839. The topological polar surface area (TPSA) is 57.6 Å². The van der Waals surface area contributed by atoms with Crippen LogP contribution in [0, 0.1) is 17.8 Å². The zero-order valence-electron chi connectivity index (χ0n) is 11.6. The number of imide groups is 1. The van der Waals surface area contributed by atoms with Gasteiger partial charge in [-0.05, 0) is 50.9 Å². The van der Waals surface area contributed by atoms with Crippen molar-refractivity contribution in [2.75, 3.05) is 6.54 Å². The third kappa shape index (κ3) is 2.31. The normalized spacial score (nSPS) is 42.8. The van der Waals surface area contributed by atoms with Gasteiger partial charge in [-0.2, -0.15) is 0 Å². The fraction of sp³-hybridized carbons (Fsp3) is 0.867. The van der Waals surface area contributed by atoms with E-state index in [2.05, 4.69) is 6.92 Å². The summed E-state index contributed by atoms with van der Waals surface area (Å²) in [6, 6.07) is 0. The predicted octanol–water partition coefficient (Wildman–Crippen LogP) is 1.71. The van der Waals surface area contributed by atoms with Gasteiger partial charge in [-0.1, -0.05) is 6.92 Å². The van der Waals surface area contributed by atoms with Crippen LogP contribution >= 0.6 is 0 Å². The van der Waals surface area contributed by atoms with Gasteiger partial charge in [0, 0.05) is 11.8 Å². The van der Waals surface area contributed by atoms with Crippen molar-refractivity contribution >= 4 is 11.8 Å². The molecule has 0 aromatic rings. The lowest BCUT2D eigenvalue weighted by Gasteiger charge is -2.40. The Balaban J connectivity index is 1.72. The first-order valence-corrected chi connectivity index (χ1v) is 7.56. The van der Waals surface area contributed by atoms with Crippen molar-refractivity contribution in [2.24, 2.45) is 17.8 Å². The molecule has 1 saturated heterocycles. The lowest BCUT2D eigenvalue weighted by atomic mass is 9.79. The molecule has 2 amide bonds. The van der Waals surface area contributed by atoms with Crippen molar-refractivity contribution in [1.82, 2.24) is 4.90 Å². The van der Waals surface area contributed by atoms with Gasteiger partial charge in [0.1, 0.15) is 0 Å². The Hall–Kier alpha value is -0.900. The zero-order valence-corrected chi connectivity index (χ0v) is 11.6. The van der Waals surface area contributed by atoms with Crippen molar-refractivity contribution in [3.05, 3.63) is 0 Å². The fourth-order valence-electron chi connectivity index (χ4n) is 3.89.